The summed E-state index contributed by atoms with van der Waals surface area (Å²) in [4.78, 5) is 9.25. The van der Waals surface area contributed by atoms with Crippen LogP contribution in [0, 0.1) is 0 Å². The highest BCUT2D eigenvalue weighted by Gasteiger charge is 2.20. The van der Waals surface area contributed by atoms with Crippen LogP contribution >= 0.6 is 23.9 Å². The van der Waals surface area contributed by atoms with Crippen molar-refractivity contribution in [1.29, 1.82) is 0 Å². The highest BCUT2D eigenvalue weighted by atomic mass is 32.2. The molecule has 2 aliphatic rings. The minimum Gasteiger partial charge on any atom is -0.354 e. The number of nitrogens with one attached hydrogen (secondary N) is 2. The number of nitrogens with zero attached hydrogens (tertiary/aromatic N) is 3. The maximum absolute atomic E-state index is 4.22. The van der Waals surface area contributed by atoms with Crippen molar-refractivity contribution >= 4 is 35.3 Å². The fourth-order valence-corrected chi connectivity index (χ4v) is 4.87. The monoisotopic (exact) mass is 387 g/mol. The Morgan fingerprint density at radius 1 is 1.23 bits per heavy atom. The average Bonchev–Trinajstić information content (AvgIpc) is 2.66. The van der Waals surface area contributed by atoms with Crippen LogP contribution in [0.4, 0.5) is 11.4 Å². The minimum atomic E-state index is 0.616. The number of piperidine rings is 1. The number of fused-ring (bicyclic) bond motifs is 2. The van der Waals surface area contributed by atoms with Gasteiger partial charge in [0.05, 0.1) is 16.3 Å². The van der Waals surface area contributed by atoms with E-state index in [1.807, 2.05) is 18.5 Å². The van der Waals surface area contributed by atoms with Crippen molar-refractivity contribution in [3.63, 3.8) is 0 Å². The van der Waals surface area contributed by atoms with Crippen molar-refractivity contribution in [1.82, 2.24) is 18.9 Å². The van der Waals surface area contributed by atoms with Crippen molar-refractivity contribution in [2.24, 2.45) is 0 Å². The van der Waals surface area contributed by atoms with Crippen LogP contribution < -0.4 is 10.0 Å². The first-order valence-electron chi connectivity index (χ1n) is 9.01. The molecule has 0 aliphatic carbocycles. The van der Waals surface area contributed by atoms with Gasteiger partial charge in [0.1, 0.15) is 0 Å². The fraction of sp³-hybridized carbons (Fsp3) is 0.421. The van der Waals surface area contributed by atoms with Crippen LogP contribution in [0.5, 0.6) is 0 Å². The lowest BCUT2D eigenvalue weighted by Crippen LogP contribution is -2.40. The van der Waals surface area contributed by atoms with Gasteiger partial charge >= 0.3 is 0 Å². The average molecular weight is 388 g/mol. The molecule has 138 valence electrons. The normalized spacial score (nSPS) is 17.7. The molecule has 2 N–H and O–H groups in total. The molecule has 1 saturated heterocycles. The first kappa shape index (κ1) is 18.1. The van der Waals surface area contributed by atoms with Gasteiger partial charge in [0.15, 0.2) is 0 Å². The zero-order valence-electron chi connectivity index (χ0n) is 15.2. The predicted molar refractivity (Wildman–Crippen MR) is 111 cm³/mol. The number of benzene rings is 1. The van der Waals surface area contributed by atoms with E-state index in [4.69, 9.17) is 0 Å². The Morgan fingerprint density at radius 3 is 2.88 bits per heavy atom. The van der Waals surface area contributed by atoms with E-state index in [-0.39, 0.29) is 0 Å². The number of rotatable bonds is 5. The maximum atomic E-state index is 4.22. The summed E-state index contributed by atoms with van der Waals surface area (Å²) in [5.41, 5.74) is 3.74. The molecule has 0 spiro atoms. The van der Waals surface area contributed by atoms with Crippen molar-refractivity contribution < 1.29 is 0 Å². The lowest BCUT2D eigenvalue weighted by molar-refractivity contribution is 0.201. The Balaban J connectivity index is 1.34. The Morgan fingerprint density at radius 2 is 2.08 bits per heavy atom. The molecule has 0 bridgehead atoms. The van der Waals surface area contributed by atoms with E-state index >= 15 is 0 Å². The van der Waals surface area contributed by atoms with Gasteiger partial charge in [-0.05, 0) is 63.8 Å². The molecule has 26 heavy (non-hydrogen) atoms. The van der Waals surface area contributed by atoms with Gasteiger partial charge in [0.2, 0.25) is 0 Å². The molecule has 0 amide bonds. The molecule has 2 aliphatic heterocycles. The molecular weight excluding hydrogens is 362 g/mol. The largest absolute Gasteiger partial charge is 0.354 e. The smallest absolute Gasteiger partial charge is 0.0557 e. The lowest BCUT2D eigenvalue weighted by Gasteiger charge is -2.32. The van der Waals surface area contributed by atoms with Crippen LogP contribution in [0.15, 0.2) is 46.5 Å². The summed E-state index contributed by atoms with van der Waals surface area (Å²) in [5.74, 6) is 0. The SMILES string of the molecule is CN(C)SNC1CCN(Cc2ccc3c(c2)Nc2ccncc2S3)CC1. The molecule has 4 rings (SSSR count). The van der Waals surface area contributed by atoms with Gasteiger partial charge in [0, 0.05) is 42.0 Å². The Kier molecular flexibility index (Phi) is 5.71. The fourth-order valence-electron chi connectivity index (χ4n) is 3.34. The van der Waals surface area contributed by atoms with E-state index in [1.54, 1.807) is 23.9 Å². The van der Waals surface area contributed by atoms with Gasteiger partial charge in [-0.3, -0.25) is 9.88 Å². The summed E-state index contributed by atoms with van der Waals surface area (Å²) in [6.45, 7) is 3.33. The molecule has 0 unspecified atom stereocenters. The van der Waals surface area contributed by atoms with Gasteiger partial charge in [0.25, 0.3) is 0 Å². The summed E-state index contributed by atoms with van der Waals surface area (Å²) in [7, 11) is 4.15. The number of pyridine rings is 1. The van der Waals surface area contributed by atoms with Crippen molar-refractivity contribution in [2.75, 3.05) is 32.5 Å². The molecule has 3 heterocycles. The molecule has 0 radical (unpaired) electrons. The second-order valence-corrected chi connectivity index (χ2v) is 9.23. The molecule has 5 nitrogen and oxygen atoms in total. The first-order valence-corrected chi connectivity index (χ1v) is 10.6. The summed E-state index contributed by atoms with van der Waals surface area (Å²) >= 11 is 3.49. The quantitative estimate of drug-likeness (QED) is 0.642. The van der Waals surface area contributed by atoms with E-state index in [0.29, 0.717) is 6.04 Å². The first-order chi connectivity index (χ1) is 12.7. The van der Waals surface area contributed by atoms with Crippen LogP contribution in [-0.2, 0) is 6.54 Å². The number of likely N-dealkylation sites (tertiary alicyclic amines) is 1. The van der Waals surface area contributed by atoms with Gasteiger partial charge in [-0.1, -0.05) is 17.8 Å². The zero-order chi connectivity index (χ0) is 17.9. The molecule has 0 atom stereocenters. The van der Waals surface area contributed by atoms with Crippen LogP contribution in [0.3, 0.4) is 0 Å². The minimum absolute atomic E-state index is 0.616. The van der Waals surface area contributed by atoms with Gasteiger partial charge in [-0.15, -0.1) is 0 Å². The van der Waals surface area contributed by atoms with Gasteiger partial charge < -0.3 is 5.32 Å². The van der Waals surface area contributed by atoms with E-state index in [0.717, 1.165) is 25.3 Å². The summed E-state index contributed by atoms with van der Waals surface area (Å²) in [6.07, 6.45) is 6.19. The maximum Gasteiger partial charge on any atom is 0.0557 e. The molecule has 0 saturated carbocycles. The van der Waals surface area contributed by atoms with Crippen LogP contribution in [0.2, 0.25) is 0 Å². The summed E-state index contributed by atoms with van der Waals surface area (Å²) in [6, 6.07) is 9.46. The van der Waals surface area contributed by atoms with E-state index in [1.165, 1.54) is 33.9 Å². The second-order valence-electron chi connectivity index (χ2n) is 7.00. The standard InChI is InChI=1S/C19H25N5S2/c1-23(2)26-22-15-6-9-24(10-7-15)13-14-3-4-18-17(11-14)21-16-5-8-20-12-19(16)25-18/h3-5,8,11-12,15,21-22H,6-7,9-10,13H2,1-2H3. The van der Waals surface area contributed by atoms with E-state index in [9.17, 15) is 0 Å². The predicted octanol–water partition coefficient (Wildman–Crippen LogP) is 3.97. The number of anilines is 2. The summed E-state index contributed by atoms with van der Waals surface area (Å²) in [5, 5.41) is 3.56. The third-order valence-corrected chi connectivity index (χ3v) is 6.64. The number of hydrogen-bond donors (Lipinski definition) is 2. The molecule has 7 heteroatoms. The number of hydrogen-bond acceptors (Lipinski definition) is 7. The van der Waals surface area contributed by atoms with Crippen molar-refractivity contribution in [2.45, 2.75) is 35.2 Å². The third-order valence-electron chi connectivity index (χ3n) is 4.71. The van der Waals surface area contributed by atoms with Crippen molar-refractivity contribution in [3.05, 3.63) is 42.2 Å². The van der Waals surface area contributed by atoms with Gasteiger partial charge in [-0.2, -0.15) is 0 Å². The highest BCUT2D eigenvalue weighted by Crippen LogP contribution is 2.43. The van der Waals surface area contributed by atoms with E-state index in [2.05, 4.69) is 56.5 Å². The zero-order valence-corrected chi connectivity index (χ0v) is 16.9. The van der Waals surface area contributed by atoms with Crippen LogP contribution in [0.1, 0.15) is 18.4 Å². The second kappa shape index (κ2) is 8.19. The Labute approximate surface area is 164 Å². The van der Waals surface area contributed by atoms with Crippen LogP contribution in [-0.4, -0.2) is 47.4 Å². The molecule has 1 aromatic heterocycles. The molecule has 2 aromatic rings. The molecule has 1 aromatic carbocycles. The number of aromatic nitrogens is 1. The van der Waals surface area contributed by atoms with Crippen molar-refractivity contribution in [3.8, 4) is 0 Å². The van der Waals surface area contributed by atoms with Crippen LogP contribution in [0.25, 0.3) is 0 Å². The molecular formula is C19H25N5S2. The highest BCUT2D eigenvalue weighted by molar-refractivity contribution is 7.99. The third kappa shape index (κ3) is 4.35. The molecule has 1 fully saturated rings. The summed E-state index contributed by atoms with van der Waals surface area (Å²) < 4.78 is 5.66. The topological polar surface area (TPSA) is 43.4 Å². The Bertz CT molecular complexity index is 759. The van der Waals surface area contributed by atoms with Gasteiger partial charge in [-0.25, -0.2) is 9.03 Å². The van der Waals surface area contributed by atoms with E-state index < -0.39 is 0 Å². The lowest BCUT2D eigenvalue weighted by atomic mass is 10.1. The Hall–Kier alpha value is -1.25.